The Labute approximate surface area is 141 Å². The number of aromatic nitrogens is 2. The van der Waals surface area contributed by atoms with Crippen molar-refractivity contribution in [1.29, 1.82) is 0 Å². The number of hydrogen-bond donors (Lipinski definition) is 2. The van der Waals surface area contributed by atoms with E-state index in [1.54, 1.807) is 6.07 Å². The molecule has 0 saturated heterocycles. The van der Waals surface area contributed by atoms with Crippen LogP contribution in [0.25, 0.3) is 11.0 Å². The fourth-order valence-corrected chi connectivity index (χ4v) is 3.80. The maximum Gasteiger partial charge on any atom is 0.197 e. The van der Waals surface area contributed by atoms with Gasteiger partial charge in [0, 0.05) is 11.1 Å². The minimum absolute atomic E-state index is 0.217. The van der Waals surface area contributed by atoms with Gasteiger partial charge in [-0.25, -0.2) is 4.98 Å². The summed E-state index contributed by atoms with van der Waals surface area (Å²) >= 11 is 6.21. The molecular weight excluding hydrogens is 334 g/mol. The molecule has 7 heteroatoms. The van der Waals surface area contributed by atoms with Crippen molar-refractivity contribution in [2.75, 3.05) is 12.8 Å². The molecule has 1 atom stereocenters. The highest BCUT2D eigenvalue weighted by atomic mass is 35.5. The zero-order valence-electron chi connectivity index (χ0n) is 12.7. The molecule has 120 valence electrons. The Bertz CT molecular complexity index is 875. The summed E-state index contributed by atoms with van der Waals surface area (Å²) in [5.74, 6) is 0.700. The predicted molar refractivity (Wildman–Crippen MR) is 93.4 cm³/mol. The Morgan fingerprint density at radius 1 is 1.39 bits per heavy atom. The predicted octanol–water partition coefficient (Wildman–Crippen LogP) is 3.42. The molecule has 0 aliphatic heterocycles. The van der Waals surface area contributed by atoms with Crippen molar-refractivity contribution in [2.45, 2.75) is 17.8 Å². The number of halogens is 1. The smallest absolute Gasteiger partial charge is 0.197 e. The average molecular weight is 350 g/mol. The molecule has 0 bridgehead atoms. The lowest BCUT2D eigenvalue weighted by Gasteiger charge is -2.14. The maximum absolute atomic E-state index is 12.7. The van der Waals surface area contributed by atoms with Crippen LogP contribution in [0.1, 0.15) is 11.1 Å². The van der Waals surface area contributed by atoms with Gasteiger partial charge in [-0.1, -0.05) is 23.7 Å². The number of para-hydroxylation sites is 2. The van der Waals surface area contributed by atoms with Crippen LogP contribution < -0.4 is 10.5 Å². The SMILES string of the molecule is COc1cc(Cl)c(C)c(CS(=O)c2nc3ccccc3[nH]2)c1N. The number of benzene rings is 2. The van der Waals surface area contributed by atoms with Crippen LogP contribution in [-0.4, -0.2) is 21.3 Å². The van der Waals surface area contributed by atoms with Crippen LogP contribution in [0.5, 0.6) is 5.75 Å². The highest BCUT2D eigenvalue weighted by molar-refractivity contribution is 7.84. The molecule has 0 amide bonds. The first-order chi connectivity index (χ1) is 11.0. The van der Waals surface area contributed by atoms with Crippen molar-refractivity contribution >= 4 is 39.1 Å². The highest BCUT2D eigenvalue weighted by Crippen LogP contribution is 2.35. The zero-order valence-corrected chi connectivity index (χ0v) is 14.3. The third-order valence-electron chi connectivity index (χ3n) is 3.74. The van der Waals surface area contributed by atoms with Gasteiger partial charge in [-0.15, -0.1) is 0 Å². The maximum atomic E-state index is 12.7. The molecule has 1 aromatic heterocycles. The van der Waals surface area contributed by atoms with Gasteiger partial charge in [0.1, 0.15) is 5.75 Å². The molecule has 0 radical (unpaired) electrons. The number of methoxy groups -OCH3 is 1. The number of hydrogen-bond acceptors (Lipinski definition) is 4. The Kier molecular flexibility index (Phi) is 4.28. The van der Waals surface area contributed by atoms with E-state index in [0.29, 0.717) is 27.2 Å². The lowest BCUT2D eigenvalue weighted by molar-refractivity contribution is 0.416. The van der Waals surface area contributed by atoms with Crippen molar-refractivity contribution in [1.82, 2.24) is 9.97 Å². The first-order valence-electron chi connectivity index (χ1n) is 6.95. The molecule has 2 aromatic carbocycles. The number of anilines is 1. The number of nitrogens with zero attached hydrogens (tertiary/aromatic N) is 1. The summed E-state index contributed by atoms with van der Waals surface area (Å²) < 4.78 is 17.9. The topological polar surface area (TPSA) is 81.0 Å². The minimum atomic E-state index is -1.37. The van der Waals surface area contributed by atoms with Gasteiger partial charge < -0.3 is 15.5 Å². The molecule has 1 unspecified atom stereocenters. The largest absolute Gasteiger partial charge is 0.495 e. The molecule has 3 aromatic rings. The summed E-state index contributed by atoms with van der Waals surface area (Å²) in [5, 5.41) is 0.955. The fourth-order valence-electron chi connectivity index (χ4n) is 2.39. The zero-order chi connectivity index (χ0) is 16.6. The molecule has 23 heavy (non-hydrogen) atoms. The van der Waals surface area contributed by atoms with Crippen molar-refractivity contribution in [2.24, 2.45) is 0 Å². The van der Waals surface area contributed by atoms with Crippen LogP contribution in [0.2, 0.25) is 5.02 Å². The number of fused-ring (bicyclic) bond motifs is 1. The van der Waals surface area contributed by atoms with E-state index in [-0.39, 0.29) is 5.75 Å². The Morgan fingerprint density at radius 3 is 2.83 bits per heavy atom. The van der Waals surface area contributed by atoms with Crippen LogP contribution in [-0.2, 0) is 16.6 Å². The normalized spacial score (nSPS) is 12.5. The van der Waals surface area contributed by atoms with Crippen LogP contribution >= 0.6 is 11.6 Å². The first-order valence-corrected chi connectivity index (χ1v) is 8.65. The summed E-state index contributed by atoms with van der Waals surface area (Å²) in [6.45, 7) is 1.85. The number of aromatic amines is 1. The third kappa shape index (κ3) is 2.92. The summed E-state index contributed by atoms with van der Waals surface area (Å²) in [7, 11) is 0.158. The first kappa shape index (κ1) is 15.8. The number of ether oxygens (including phenoxy) is 1. The van der Waals surface area contributed by atoms with Gasteiger partial charge in [-0.05, 0) is 30.2 Å². The Hall–Kier alpha value is -2.05. The van der Waals surface area contributed by atoms with Crippen molar-refractivity contribution in [3.05, 3.63) is 46.5 Å². The van der Waals surface area contributed by atoms with Crippen molar-refractivity contribution < 1.29 is 8.95 Å². The van der Waals surface area contributed by atoms with Crippen LogP contribution in [0.3, 0.4) is 0 Å². The van der Waals surface area contributed by atoms with E-state index in [2.05, 4.69) is 9.97 Å². The van der Waals surface area contributed by atoms with E-state index in [4.69, 9.17) is 22.1 Å². The van der Waals surface area contributed by atoms with E-state index < -0.39 is 10.8 Å². The molecule has 0 fully saturated rings. The Balaban J connectivity index is 1.98. The fraction of sp³-hybridized carbons (Fsp3) is 0.188. The molecule has 0 spiro atoms. The number of nitrogens with one attached hydrogen (secondary N) is 1. The van der Waals surface area contributed by atoms with Gasteiger partial charge in [0.25, 0.3) is 0 Å². The van der Waals surface area contributed by atoms with Gasteiger partial charge in [0.05, 0.1) is 40.4 Å². The van der Waals surface area contributed by atoms with E-state index in [1.165, 1.54) is 7.11 Å². The summed E-state index contributed by atoms with van der Waals surface area (Å²) in [5.41, 5.74) is 9.72. The second-order valence-corrected chi connectivity index (χ2v) is 6.90. The van der Waals surface area contributed by atoms with Crippen LogP contribution in [0.15, 0.2) is 35.5 Å². The number of H-pyrrole nitrogens is 1. The molecule has 3 rings (SSSR count). The second-order valence-electron chi connectivity index (χ2n) is 5.13. The number of imidazole rings is 1. The number of nitrogens with two attached hydrogens (primary N) is 1. The molecule has 0 aliphatic rings. The van der Waals surface area contributed by atoms with Crippen LogP contribution in [0.4, 0.5) is 5.69 Å². The Morgan fingerprint density at radius 2 is 2.13 bits per heavy atom. The molecule has 0 saturated carbocycles. The van der Waals surface area contributed by atoms with E-state index in [0.717, 1.165) is 16.6 Å². The van der Waals surface area contributed by atoms with E-state index >= 15 is 0 Å². The molecular formula is C16H16ClN3O2S. The monoisotopic (exact) mass is 349 g/mol. The molecule has 3 N–H and O–H groups in total. The van der Waals surface area contributed by atoms with E-state index in [1.807, 2.05) is 31.2 Å². The van der Waals surface area contributed by atoms with Crippen LogP contribution in [0, 0.1) is 6.92 Å². The second kappa shape index (κ2) is 6.22. The molecule has 0 aliphatic carbocycles. The molecule has 5 nitrogen and oxygen atoms in total. The summed E-state index contributed by atoms with van der Waals surface area (Å²) in [6.07, 6.45) is 0. The van der Waals surface area contributed by atoms with Gasteiger partial charge in [0.2, 0.25) is 0 Å². The number of nitrogen functional groups attached to an aromatic ring is 1. The third-order valence-corrected chi connectivity index (χ3v) is 5.31. The van der Waals surface area contributed by atoms with E-state index in [9.17, 15) is 4.21 Å². The average Bonchev–Trinajstić information content (AvgIpc) is 2.99. The standard InChI is InChI=1S/C16H16ClN3O2S/c1-9-10(15(18)14(22-2)7-11(9)17)8-23(21)16-19-12-5-3-4-6-13(12)20-16/h3-7H,8,18H2,1-2H3,(H,19,20). The quantitative estimate of drug-likeness (QED) is 0.707. The minimum Gasteiger partial charge on any atom is -0.495 e. The van der Waals surface area contributed by atoms with Crippen molar-refractivity contribution in [3.63, 3.8) is 0 Å². The van der Waals surface area contributed by atoms with Gasteiger partial charge in [-0.2, -0.15) is 0 Å². The van der Waals surface area contributed by atoms with Gasteiger partial charge in [0.15, 0.2) is 5.16 Å². The summed E-state index contributed by atoms with van der Waals surface area (Å²) in [4.78, 5) is 7.45. The van der Waals surface area contributed by atoms with Gasteiger partial charge in [-0.3, -0.25) is 4.21 Å². The summed E-state index contributed by atoms with van der Waals surface area (Å²) in [6, 6.07) is 9.22. The lowest BCUT2D eigenvalue weighted by atomic mass is 10.1. The molecule has 1 heterocycles. The van der Waals surface area contributed by atoms with Crippen molar-refractivity contribution in [3.8, 4) is 5.75 Å². The highest BCUT2D eigenvalue weighted by Gasteiger charge is 2.18. The number of rotatable bonds is 4. The van der Waals surface area contributed by atoms with Gasteiger partial charge >= 0.3 is 0 Å². The lowest BCUT2D eigenvalue weighted by Crippen LogP contribution is -2.06.